The first kappa shape index (κ1) is 16.2. The molecule has 112 valence electrons. The van der Waals surface area contributed by atoms with Gasteiger partial charge in [0.1, 0.15) is 11.9 Å². The number of benzene rings is 1. The Morgan fingerprint density at radius 1 is 1.25 bits per heavy atom. The Morgan fingerprint density at radius 3 is 2.30 bits per heavy atom. The monoisotopic (exact) mass is 288 g/mol. The number of methoxy groups -OCH3 is 2. The summed E-state index contributed by atoms with van der Waals surface area (Å²) in [4.78, 5) is 11.3. The first-order valence-electron chi connectivity index (χ1n) is 5.90. The summed E-state index contributed by atoms with van der Waals surface area (Å²) < 4.78 is 28.3. The van der Waals surface area contributed by atoms with Gasteiger partial charge < -0.3 is 24.4 Å². The van der Waals surface area contributed by atoms with Gasteiger partial charge in [-0.1, -0.05) is 0 Å². The molecule has 0 aliphatic carbocycles. The standard InChI is InChI=1S/C13H17FO6/c1-4-20-13(17)12(16)11(15)7-5-9(18-2)10(19-3)6-8(7)14/h5-6,11-12,15-16H,4H2,1-3H3. The van der Waals surface area contributed by atoms with Crippen LogP contribution in [0, 0.1) is 5.82 Å². The van der Waals surface area contributed by atoms with Crippen molar-refractivity contribution < 1.29 is 33.6 Å². The molecule has 7 heteroatoms. The van der Waals surface area contributed by atoms with Crippen LogP contribution in [0.2, 0.25) is 0 Å². The van der Waals surface area contributed by atoms with Crippen LogP contribution in [-0.2, 0) is 9.53 Å². The number of carbonyl (C=O) groups is 1. The lowest BCUT2D eigenvalue weighted by molar-refractivity contribution is -0.159. The fourth-order valence-electron chi connectivity index (χ4n) is 1.62. The molecule has 0 aromatic heterocycles. The third-order valence-electron chi connectivity index (χ3n) is 2.65. The number of carbonyl (C=O) groups excluding carboxylic acids is 1. The Labute approximate surface area is 115 Å². The third-order valence-corrected chi connectivity index (χ3v) is 2.65. The Morgan fingerprint density at radius 2 is 1.80 bits per heavy atom. The molecule has 0 spiro atoms. The fourth-order valence-corrected chi connectivity index (χ4v) is 1.62. The Balaban J connectivity index is 3.09. The second kappa shape index (κ2) is 7.06. The molecular formula is C13H17FO6. The van der Waals surface area contributed by atoms with Crippen molar-refractivity contribution in [3.05, 3.63) is 23.5 Å². The molecule has 0 fully saturated rings. The quantitative estimate of drug-likeness (QED) is 0.753. The van der Waals surface area contributed by atoms with Gasteiger partial charge in [0.15, 0.2) is 17.6 Å². The van der Waals surface area contributed by atoms with E-state index in [9.17, 15) is 19.4 Å². The van der Waals surface area contributed by atoms with Crippen molar-refractivity contribution in [2.45, 2.75) is 19.1 Å². The summed E-state index contributed by atoms with van der Waals surface area (Å²) in [6.45, 7) is 1.59. The summed E-state index contributed by atoms with van der Waals surface area (Å²) in [6.07, 6.45) is -3.66. The van der Waals surface area contributed by atoms with Crippen molar-refractivity contribution in [3.8, 4) is 11.5 Å². The smallest absolute Gasteiger partial charge is 0.338 e. The summed E-state index contributed by atoms with van der Waals surface area (Å²) in [5.41, 5.74) is -0.289. The van der Waals surface area contributed by atoms with Gasteiger partial charge >= 0.3 is 5.97 Å². The highest BCUT2D eigenvalue weighted by Gasteiger charge is 2.30. The maximum absolute atomic E-state index is 13.9. The van der Waals surface area contributed by atoms with E-state index >= 15 is 0 Å². The molecule has 1 aromatic rings. The third kappa shape index (κ3) is 3.37. The van der Waals surface area contributed by atoms with Gasteiger partial charge in [-0.3, -0.25) is 0 Å². The number of ether oxygens (including phenoxy) is 3. The predicted molar refractivity (Wildman–Crippen MR) is 67.1 cm³/mol. The number of hydrogen-bond acceptors (Lipinski definition) is 6. The first-order valence-corrected chi connectivity index (χ1v) is 5.90. The summed E-state index contributed by atoms with van der Waals surface area (Å²) >= 11 is 0. The molecule has 0 heterocycles. The average molecular weight is 288 g/mol. The topological polar surface area (TPSA) is 85.2 Å². The van der Waals surface area contributed by atoms with Gasteiger partial charge in [-0.2, -0.15) is 0 Å². The van der Waals surface area contributed by atoms with Crippen LogP contribution in [0.15, 0.2) is 12.1 Å². The largest absolute Gasteiger partial charge is 0.493 e. The lowest BCUT2D eigenvalue weighted by Gasteiger charge is -2.18. The molecule has 0 aliphatic heterocycles. The Hall–Kier alpha value is -1.86. The van der Waals surface area contributed by atoms with E-state index in [1.54, 1.807) is 6.92 Å². The maximum Gasteiger partial charge on any atom is 0.338 e. The molecule has 2 unspecified atom stereocenters. The van der Waals surface area contributed by atoms with E-state index in [0.717, 1.165) is 12.1 Å². The molecule has 0 saturated carbocycles. The Bertz CT molecular complexity index is 476. The molecule has 0 aliphatic rings. The maximum atomic E-state index is 13.9. The van der Waals surface area contributed by atoms with Crippen LogP contribution in [0.4, 0.5) is 4.39 Å². The highest BCUT2D eigenvalue weighted by molar-refractivity contribution is 5.75. The van der Waals surface area contributed by atoms with Crippen LogP contribution in [0.25, 0.3) is 0 Å². The molecular weight excluding hydrogens is 271 g/mol. The molecule has 2 atom stereocenters. The average Bonchev–Trinajstić information content (AvgIpc) is 2.45. The summed E-state index contributed by atoms with van der Waals surface area (Å²) in [5, 5.41) is 19.5. The zero-order valence-corrected chi connectivity index (χ0v) is 11.4. The van der Waals surface area contributed by atoms with E-state index in [-0.39, 0.29) is 23.7 Å². The second-order valence-corrected chi connectivity index (χ2v) is 3.87. The van der Waals surface area contributed by atoms with Gasteiger partial charge in [0.2, 0.25) is 0 Å². The molecule has 0 amide bonds. The van der Waals surface area contributed by atoms with E-state index in [2.05, 4.69) is 4.74 Å². The van der Waals surface area contributed by atoms with Crippen LogP contribution < -0.4 is 9.47 Å². The molecule has 0 bridgehead atoms. The van der Waals surface area contributed by atoms with Crippen LogP contribution in [0.1, 0.15) is 18.6 Å². The normalized spacial score (nSPS) is 13.5. The number of esters is 1. The summed E-state index contributed by atoms with van der Waals surface area (Å²) in [6, 6.07) is 2.15. The fraction of sp³-hybridized carbons (Fsp3) is 0.462. The van der Waals surface area contributed by atoms with Crippen molar-refractivity contribution in [3.63, 3.8) is 0 Å². The van der Waals surface area contributed by atoms with Gasteiger partial charge in [0.05, 0.1) is 20.8 Å². The summed E-state index contributed by atoms with van der Waals surface area (Å²) in [7, 11) is 2.68. The number of rotatable bonds is 6. The van der Waals surface area contributed by atoms with Crippen LogP contribution >= 0.6 is 0 Å². The predicted octanol–water partition coefficient (Wildman–Crippen LogP) is 0.800. The van der Waals surface area contributed by atoms with Gasteiger partial charge in [0, 0.05) is 11.6 Å². The van der Waals surface area contributed by atoms with Crippen molar-refractivity contribution in [1.82, 2.24) is 0 Å². The van der Waals surface area contributed by atoms with Crippen LogP contribution in [0.5, 0.6) is 11.5 Å². The zero-order chi connectivity index (χ0) is 15.3. The minimum atomic E-state index is -1.89. The lowest BCUT2D eigenvalue weighted by atomic mass is 10.0. The van der Waals surface area contributed by atoms with E-state index in [1.165, 1.54) is 14.2 Å². The second-order valence-electron chi connectivity index (χ2n) is 3.87. The van der Waals surface area contributed by atoms with Gasteiger partial charge in [-0.25, -0.2) is 9.18 Å². The van der Waals surface area contributed by atoms with Crippen molar-refractivity contribution in [2.75, 3.05) is 20.8 Å². The molecule has 0 saturated heterocycles. The van der Waals surface area contributed by atoms with Crippen molar-refractivity contribution in [1.29, 1.82) is 0 Å². The number of aliphatic hydroxyl groups excluding tert-OH is 2. The van der Waals surface area contributed by atoms with Crippen LogP contribution in [0.3, 0.4) is 0 Å². The minimum Gasteiger partial charge on any atom is -0.493 e. The number of hydrogen-bond donors (Lipinski definition) is 2. The number of halogens is 1. The molecule has 2 N–H and O–H groups in total. The minimum absolute atomic E-state index is 0.0387. The van der Waals surface area contributed by atoms with E-state index in [1.807, 2.05) is 0 Å². The van der Waals surface area contributed by atoms with E-state index in [4.69, 9.17) is 9.47 Å². The molecule has 1 aromatic carbocycles. The van der Waals surface area contributed by atoms with E-state index < -0.39 is 24.0 Å². The van der Waals surface area contributed by atoms with Gasteiger partial charge in [-0.05, 0) is 13.0 Å². The Kier molecular flexibility index (Phi) is 5.72. The van der Waals surface area contributed by atoms with Crippen molar-refractivity contribution >= 4 is 5.97 Å². The summed E-state index contributed by atoms with van der Waals surface area (Å²) in [5.74, 6) is -1.57. The highest BCUT2D eigenvalue weighted by atomic mass is 19.1. The van der Waals surface area contributed by atoms with E-state index in [0.29, 0.717) is 0 Å². The molecule has 1 rings (SSSR count). The van der Waals surface area contributed by atoms with Crippen LogP contribution in [-0.4, -0.2) is 43.1 Å². The van der Waals surface area contributed by atoms with Crippen molar-refractivity contribution in [2.24, 2.45) is 0 Å². The molecule has 0 radical (unpaired) electrons. The number of aliphatic hydroxyl groups is 2. The zero-order valence-electron chi connectivity index (χ0n) is 11.4. The van der Waals surface area contributed by atoms with Gasteiger partial charge in [0.25, 0.3) is 0 Å². The molecule has 20 heavy (non-hydrogen) atoms. The van der Waals surface area contributed by atoms with Gasteiger partial charge in [-0.15, -0.1) is 0 Å². The lowest BCUT2D eigenvalue weighted by Crippen LogP contribution is -2.30. The SMILES string of the molecule is CCOC(=O)C(O)C(O)c1cc(OC)c(OC)cc1F. The first-order chi connectivity index (χ1) is 9.46. The highest BCUT2D eigenvalue weighted by Crippen LogP contribution is 2.33. The molecule has 6 nitrogen and oxygen atoms in total.